The molecular weight excluding hydrogens is 298 g/mol. The molecule has 0 radical (unpaired) electrons. The van der Waals surface area contributed by atoms with Crippen LogP contribution in [0.2, 0.25) is 0 Å². The molecular formula is C20H21N3O. The maximum absolute atomic E-state index is 12.5. The van der Waals surface area contributed by atoms with Gasteiger partial charge in [-0.15, -0.1) is 0 Å². The molecule has 3 rings (SSSR count). The van der Waals surface area contributed by atoms with Crippen molar-refractivity contribution in [2.45, 2.75) is 27.2 Å². The number of hydrogen-bond donors (Lipinski definition) is 1. The van der Waals surface area contributed by atoms with Crippen molar-refractivity contribution in [3.8, 4) is 5.69 Å². The van der Waals surface area contributed by atoms with Crippen molar-refractivity contribution in [1.82, 2.24) is 9.78 Å². The topological polar surface area (TPSA) is 46.9 Å². The van der Waals surface area contributed by atoms with E-state index in [1.165, 1.54) is 0 Å². The van der Waals surface area contributed by atoms with Crippen LogP contribution in [0.4, 0.5) is 5.82 Å². The Bertz CT molecular complexity index is 866. The Kier molecular flexibility index (Phi) is 4.47. The maximum Gasteiger partial charge on any atom is 0.229 e. The molecule has 1 aromatic heterocycles. The van der Waals surface area contributed by atoms with E-state index in [-0.39, 0.29) is 5.91 Å². The van der Waals surface area contributed by atoms with Crippen LogP contribution in [0.3, 0.4) is 0 Å². The Morgan fingerprint density at radius 2 is 1.79 bits per heavy atom. The first kappa shape index (κ1) is 16.0. The van der Waals surface area contributed by atoms with Gasteiger partial charge in [0.15, 0.2) is 0 Å². The van der Waals surface area contributed by atoms with Gasteiger partial charge in [-0.05, 0) is 44.0 Å². The average Bonchev–Trinajstić information content (AvgIpc) is 2.92. The molecule has 1 amide bonds. The third-order valence-electron chi connectivity index (χ3n) is 3.96. The fourth-order valence-corrected chi connectivity index (χ4v) is 2.71. The minimum absolute atomic E-state index is 0.0409. The molecule has 0 aliphatic heterocycles. The predicted molar refractivity (Wildman–Crippen MR) is 96.6 cm³/mol. The molecule has 0 saturated heterocycles. The predicted octanol–water partition coefficient (Wildman–Crippen LogP) is 3.98. The van der Waals surface area contributed by atoms with E-state index in [2.05, 4.69) is 28.6 Å². The van der Waals surface area contributed by atoms with Crippen LogP contribution < -0.4 is 5.32 Å². The Morgan fingerprint density at radius 3 is 2.54 bits per heavy atom. The summed E-state index contributed by atoms with van der Waals surface area (Å²) < 4.78 is 1.76. The summed E-state index contributed by atoms with van der Waals surface area (Å²) in [6.45, 7) is 5.98. The number of rotatable bonds is 4. The van der Waals surface area contributed by atoms with Crippen LogP contribution in [0.25, 0.3) is 5.69 Å². The summed E-state index contributed by atoms with van der Waals surface area (Å²) in [4.78, 5) is 12.5. The quantitative estimate of drug-likeness (QED) is 0.790. The van der Waals surface area contributed by atoms with Gasteiger partial charge in [-0.2, -0.15) is 5.10 Å². The molecule has 0 aliphatic rings. The Morgan fingerprint density at radius 1 is 1.04 bits per heavy atom. The van der Waals surface area contributed by atoms with Gasteiger partial charge in [0.2, 0.25) is 5.91 Å². The largest absolute Gasteiger partial charge is 0.310 e. The van der Waals surface area contributed by atoms with Gasteiger partial charge >= 0.3 is 0 Å². The lowest BCUT2D eigenvalue weighted by Crippen LogP contribution is -2.17. The molecule has 4 nitrogen and oxygen atoms in total. The fraction of sp³-hybridized carbons (Fsp3) is 0.200. The first-order chi connectivity index (χ1) is 11.5. The summed E-state index contributed by atoms with van der Waals surface area (Å²) in [5.74, 6) is 0.648. The second-order valence-corrected chi connectivity index (χ2v) is 6.07. The summed E-state index contributed by atoms with van der Waals surface area (Å²) in [5.41, 5.74) is 5.13. The van der Waals surface area contributed by atoms with E-state index in [9.17, 15) is 4.79 Å². The number of carbonyl (C=O) groups is 1. The molecule has 0 spiro atoms. The van der Waals surface area contributed by atoms with E-state index < -0.39 is 0 Å². The summed E-state index contributed by atoms with van der Waals surface area (Å²) in [7, 11) is 0. The summed E-state index contributed by atoms with van der Waals surface area (Å²) in [6.07, 6.45) is 0.354. The highest BCUT2D eigenvalue weighted by Gasteiger charge is 2.12. The monoisotopic (exact) mass is 319 g/mol. The number of nitrogens with zero attached hydrogens (tertiary/aromatic N) is 2. The molecule has 4 heteroatoms. The molecule has 122 valence electrons. The van der Waals surface area contributed by atoms with Crippen LogP contribution in [0.1, 0.15) is 22.4 Å². The number of para-hydroxylation sites is 1. The zero-order valence-electron chi connectivity index (χ0n) is 14.2. The van der Waals surface area contributed by atoms with E-state index in [1.54, 1.807) is 4.68 Å². The standard InChI is InChI=1S/C20H21N3O/c1-14-9-10-15(2)17(11-14)13-20(24)21-19-12-16(3)22-23(19)18-7-5-4-6-8-18/h4-12H,13H2,1-3H3,(H,21,24). The third-order valence-corrected chi connectivity index (χ3v) is 3.96. The molecule has 2 aromatic carbocycles. The molecule has 1 N–H and O–H groups in total. The second-order valence-electron chi connectivity index (χ2n) is 6.07. The minimum atomic E-state index is -0.0409. The Balaban J connectivity index is 1.81. The van der Waals surface area contributed by atoms with Crippen molar-refractivity contribution >= 4 is 11.7 Å². The summed E-state index contributed by atoms with van der Waals surface area (Å²) in [5, 5.41) is 7.46. The zero-order valence-corrected chi connectivity index (χ0v) is 14.2. The molecule has 0 bridgehead atoms. The fourth-order valence-electron chi connectivity index (χ4n) is 2.71. The van der Waals surface area contributed by atoms with Gasteiger partial charge in [-0.1, -0.05) is 42.0 Å². The lowest BCUT2D eigenvalue weighted by atomic mass is 10.0. The third kappa shape index (κ3) is 3.54. The first-order valence-corrected chi connectivity index (χ1v) is 8.01. The van der Waals surface area contributed by atoms with Crippen molar-refractivity contribution in [3.05, 3.63) is 77.0 Å². The maximum atomic E-state index is 12.5. The number of hydrogen-bond acceptors (Lipinski definition) is 2. The summed E-state index contributed by atoms with van der Waals surface area (Å²) >= 11 is 0. The van der Waals surface area contributed by atoms with Gasteiger partial charge in [-0.25, -0.2) is 4.68 Å². The van der Waals surface area contributed by atoms with Gasteiger partial charge in [-0.3, -0.25) is 4.79 Å². The smallest absolute Gasteiger partial charge is 0.229 e. The first-order valence-electron chi connectivity index (χ1n) is 8.01. The average molecular weight is 319 g/mol. The number of amides is 1. The molecule has 24 heavy (non-hydrogen) atoms. The van der Waals surface area contributed by atoms with Crippen LogP contribution >= 0.6 is 0 Å². The van der Waals surface area contributed by atoms with Crippen LogP contribution in [0.5, 0.6) is 0 Å². The van der Waals surface area contributed by atoms with E-state index in [1.807, 2.05) is 57.2 Å². The van der Waals surface area contributed by atoms with Crippen molar-refractivity contribution in [2.75, 3.05) is 5.32 Å². The molecule has 0 unspecified atom stereocenters. The number of aromatic nitrogens is 2. The van der Waals surface area contributed by atoms with Gasteiger partial charge in [0.05, 0.1) is 17.8 Å². The van der Waals surface area contributed by atoms with Gasteiger partial charge in [0.25, 0.3) is 0 Å². The number of anilines is 1. The van der Waals surface area contributed by atoms with Crippen molar-refractivity contribution in [2.24, 2.45) is 0 Å². The normalized spacial score (nSPS) is 10.6. The van der Waals surface area contributed by atoms with Gasteiger partial charge < -0.3 is 5.32 Å². The van der Waals surface area contributed by atoms with Crippen molar-refractivity contribution in [3.63, 3.8) is 0 Å². The number of carbonyl (C=O) groups excluding carboxylic acids is 1. The van der Waals surface area contributed by atoms with Gasteiger partial charge in [0, 0.05) is 6.07 Å². The van der Waals surface area contributed by atoms with Crippen LogP contribution in [-0.4, -0.2) is 15.7 Å². The lowest BCUT2D eigenvalue weighted by Gasteiger charge is -2.10. The highest BCUT2D eigenvalue weighted by atomic mass is 16.1. The second kappa shape index (κ2) is 6.71. The van der Waals surface area contributed by atoms with E-state index in [0.29, 0.717) is 12.2 Å². The van der Waals surface area contributed by atoms with E-state index in [0.717, 1.165) is 28.1 Å². The molecule has 0 aliphatic carbocycles. The van der Waals surface area contributed by atoms with Gasteiger partial charge in [0.1, 0.15) is 5.82 Å². The number of benzene rings is 2. The van der Waals surface area contributed by atoms with E-state index in [4.69, 9.17) is 0 Å². The molecule has 3 aromatic rings. The Hall–Kier alpha value is -2.88. The lowest BCUT2D eigenvalue weighted by molar-refractivity contribution is -0.115. The minimum Gasteiger partial charge on any atom is -0.310 e. The summed E-state index contributed by atoms with van der Waals surface area (Å²) in [6, 6.07) is 17.9. The molecule has 1 heterocycles. The zero-order chi connectivity index (χ0) is 17.1. The van der Waals surface area contributed by atoms with Crippen molar-refractivity contribution in [1.29, 1.82) is 0 Å². The highest BCUT2D eigenvalue weighted by molar-refractivity contribution is 5.92. The Labute approximate surface area is 142 Å². The number of aryl methyl sites for hydroxylation is 3. The molecule has 0 fully saturated rings. The van der Waals surface area contributed by atoms with E-state index >= 15 is 0 Å². The molecule has 0 atom stereocenters. The van der Waals surface area contributed by atoms with Crippen molar-refractivity contribution < 1.29 is 4.79 Å². The number of nitrogens with one attached hydrogen (secondary N) is 1. The van der Waals surface area contributed by atoms with Crippen LogP contribution in [0.15, 0.2) is 54.6 Å². The van der Waals surface area contributed by atoms with Crippen LogP contribution in [0, 0.1) is 20.8 Å². The molecule has 0 saturated carbocycles. The highest BCUT2D eigenvalue weighted by Crippen LogP contribution is 2.18. The SMILES string of the molecule is Cc1ccc(C)c(CC(=O)Nc2cc(C)nn2-c2ccccc2)c1. The van der Waals surface area contributed by atoms with Crippen LogP contribution in [-0.2, 0) is 11.2 Å².